The average Bonchev–Trinajstić information content (AvgIpc) is 2.68. The van der Waals surface area contributed by atoms with E-state index in [0.29, 0.717) is 10.8 Å². The molecule has 0 fully saturated rings. The Balaban J connectivity index is 1.77. The number of ketones is 1. The lowest BCUT2D eigenvalue weighted by molar-refractivity contribution is -0.137. The first-order chi connectivity index (χ1) is 13.3. The predicted molar refractivity (Wildman–Crippen MR) is 96.6 cm³/mol. The van der Waals surface area contributed by atoms with Gasteiger partial charge < -0.3 is 14.4 Å². The maximum atomic E-state index is 12.7. The Morgan fingerprint density at radius 3 is 2.61 bits per heavy atom. The number of carbonyl (C=O) groups is 1. The molecule has 2 aromatic carbocycles. The van der Waals surface area contributed by atoms with Crippen LogP contribution in [0.4, 0.5) is 13.2 Å². The van der Waals surface area contributed by atoms with Crippen molar-refractivity contribution < 1.29 is 27.8 Å². The van der Waals surface area contributed by atoms with E-state index >= 15 is 0 Å². The summed E-state index contributed by atoms with van der Waals surface area (Å²) in [5.74, 6) is -0.441. The van der Waals surface area contributed by atoms with Crippen LogP contribution >= 0.6 is 0 Å². The molecule has 0 atom stereocenters. The zero-order valence-electron chi connectivity index (χ0n) is 14.6. The number of ether oxygens (including phenoxy) is 1. The van der Waals surface area contributed by atoms with Crippen LogP contribution in [0.3, 0.4) is 0 Å². The van der Waals surface area contributed by atoms with Gasteiger partial charge in [0.25, 0.3) is 5.56 Å². The predicted octanol–water partition coefficient (Wildman–Crippen LogP) is 3.27. The van der Waals surface area contributed by atoms with Gasteiger partial charge in [-0.15, -0.1) is 0 Å². The topological polar surface area (TPSA) is 68.5 Å². The van der Waals surface area contributed by atoms with Crippen LogP contribution in [-0.2, 0) is 12.7 Å². The molecule has 0 aliphatic rings. The summed E-state index contributed by atoms with van der Waals surface area (Å²) in [6.45, 7) is -0.553. The Morgan fingerprint density at radius 2 is 1.89 bits per heavy atom. The zero-order chi connectivity index (χ0) is 20.3. The molecule has 3 aromatic rings. The summed E-state index contributed by atoms with van der Waals surface area (Å²) in [6, 6.07) is 10.8. The maximum Gasteiger partial charge on any atom is 0.416 e. The molecule has 0 unspecified atom stereocenters. The number of hydrogen-bond acceptors (Lipinski definition) is 4. The minimum atomic E-state index is -4.46. The van der Waals surface area contributed by atoms with Gasteiger partial charge in [0, 0.05) is 17.1 Å². The van der Waals surface area contributed by atoms with E-state index in [9.17, 15) is 22.8 Å². The van der Waals surface area contributed by atoms with Crippen LogP contribution in [0.2, 0.25) is 0 Å². The highest BCUT2D eigenvalue weighted by molar-refractivity contribution is 6.00. The van der Waals surface area contributed by atoms with E-state index in [1.165, 1.54) is 28.8 Å². The molecule has 0 aliphatic carbocycles. The molecule has 5 nitrogen and oxygen atoms in total. The van der Waals surface area contributed by atoms with Crippen molar-refractivity contribution >= 4 is 16.6 Å². The van der Waals surface area contributed by atoms with E-state index < -0.39 is 24.1 Å². The molecule has 0 saturated carbocycles. The van der Waals surface area contributed by atoms with Gasteiger partial charge >= 0.3 is 6.18 Å². The molecule has 0 saturated heterocycles. The van der Waals surface area contributed by atoms with Crippen molar-refractivity contribution in [2.45, 2.75) is 12.7 Å². The summed E-state index contributed by atoms with van der Waals surface area (Å²) in [5.41, 5.74) is -0.947. The van der Waals surface area contributed by atoms with Crippen LogP contribution in [0.5, 0.6) is 5.75 Å². The number of aromatic nitrogens is 1. The quantitative estimate of drug-likeness (QED) is 0.655. The fraction of sp³-hybridized carbons (Fsp3) is 0.200. The fourth-order valence-electron chi connectivity index (χ4n) is 2.74. The van der Waals surface area contributed by atoms with Gasteiger partial charge in [-0.3, -0.25) is 9.59 Å². The summed E-state index contributed by atoms with van der Waals surface area (Å²) in [5, 5.41) is 9.90. The minimum Gasteiger partial charge on any atom is -0.492 e. The van der Waals surface area contributed by atoms with Gasteiger partial charge in [0.05, 0.1) is 12.1 Å². The SMILES string of the molecule is O=C(CO)c1ccc2ccn(CCOc3cccc(C(F)(F)F)c3)c(=O)c2c1. The number of benzene rings is 2. The van der Waals surface area contributed by atoms with Crippen molar-refractivity contribution in [3.8, 4) is 5.75 Å². The van der Waals surface area contributed by atoms with Gasteiger partial charge in [-0.25, -0.2) is 0 Å². The van der Waals surface area contributed by atoms with E-state index in [1.807, 2.05) is 0 Å². The van der Waals surface area contributed by atoms with Gasteiger partial charge in [-0.1, -0.05) is 18.2 Å². The van der Waals surface area contributed by atoms with Crippen LogP contribution in [-0.4, -0.2) is 28.7 Å². The number of carbonyl (C=O) groups excluding carboxylic acids is 1. The number of Topliss-reactive ketones (excluding diaryl/α,β-unsaturated/α-hetero) is 1. The van der Waals surface area contributed by atoms with E-state index in [-0.39, 0.29) is 30.0 Å². The summed E-state index contributed by atoms with van der Waals surface area (Å²) < 4.78 is 44.9. The first-order valence-corrected chi connectivity index (χ1v) is 8.37. The fourth-order valence-corrected chi connectivity index (χ4v) is 2.74. The zero-order valence-corrected chi connectivity index (χ0v) is 14.6. The number of halogens is 3. The Bertz CT molecular complexity index is 1070. The van der Waals surface area contributed by atoms with E-state index in [1.54, 1.807) is 18.3 Å². The normalized spacial score (nSPS) is 11.6. The molecule has 8 heteroatoms. The van der Waals surface area contributed by atoms with Crippen LogP contribution < -0.4 is 10.3 Å². The van der Waals surface area contributed by atoms with Crippen LogP contribution in [0, 0.1) is 0 Å². The Morgan fingerprint density at radius 1 is 1.11 bits per heavy atom. The minimum absolute atomic E-state index is 0.0119. The monoisotopic (exact) mass is 391 g/mol. The lowest BCUT2D eigenvalue weighted by atomic mass is 10.1. The van der Waals surface area contributed by atoms with Gasteiger partial charge in [0.1, 0.15) is 19.0 Å². The molecule has 146 valence electrons. The Hall–Kier alpha value is -3.13. The number of pyridine rings is 1. The lowest BCUT2D eigenvalue weighted by Gasteiger charge is -2.11. The van der Waals surface area contributed by atoms with Gasteiger partial charge in [-0.05, 0) is 35.7 Å². The standard InChI is InChI=1S/C20H16F3NO4/c21-20(22,23)15-2-1-3-16(11-15)28-9-8-24-7-6-13-4-5-14(18(26)12-25)10-17(13)19(24)27/h1-7,10-11,25H,8-9,12H2. The number of nitrogens with zero attached hydrogens (tertiary/aromatic N) is 1. The lowest BCUT2D eigenvalue weighted by Crippen LogP contribution is -2.23. The second-order valence-electron chi connectivity index (χ2n) is 6.07. The highest BCUT2D eigenvalue weighted by Gasteiger charge is 2.30. The van der Waals surface area contributed by atoms with E-state index in [2.05, 4.69) is 0 Å². The first kappa shape index (κ1) is 19.6. The Labute approximate surface area is 157 Å². The molecular formula is C20H16F3NO4. The highest BCUT2D eigenvalue weighted by Crippen LogP contribution is 2.31. The highest BCUT2D eigenvalue weighted by atomic mass is 19.4. The third kappa shape index (κ3) is 4.23. The largest absolute Gasteiger partial charge is 0.492 e. The summed E-state index contributed by atoms with van der Waals surface area (Å²) in [7, 11) is 0. The molecule has 1 aromatic heterocycles. The van der Waals surface area contributed by atoms with Gasteiger partial charge in [0.15, 0.2) is 5.78 Å². The molecule has 0 radical (unpaired) electrons. The van der Waals surface area contributed by atoms with Crippen molar-refractivity contribution in [2.75, 3.05) is 13.2 Å². The summed E-state index contributed by atoms with van der Waals surface area (Å²) in [4.78, 5) is 24.2. The Kier molecular flexibility index (Phi) is 5.51. The third-order valence-electron chi connectivity index (χ3n) is 4.21. The molecule has 0 aliphatic heterocycles. The molecule has 0 spiro atoms. The number of alkyl halides is 3. The van der Waals surface area contributed by atoms with Gasteiger partial charge in [-0.2, -0.15) is 13.2 Å². The second-order valence-corrected chi connectivity index (χ2v) is 6.07. The van der Waals surface area contributed by atoms with E-state index in [0.717, 1.165) is 12.1 Å². The molecule has 1 heterocycles. The van der Waals surface area contributed by atoms with E-state index in [4.69, 9.17) is 9.84 Å². The smallest absolute Gasteiger partial charge is 0.416 e. The molecule has 3 rings (SSSR count). The molecule has 0 bridgehead atoms. The van der Waals surface area contributed by atoms with Crippen LogP contribution in [0.1, 0.15) is 15.9 Å². The van der Waals surface area contributed by atoms with Crippen LogP contribution in [0.25, 0.3) is 10.8 Å². The third-order valence-corrected chi connectivity index (χ3v) is 4.21. The molecule has 0 amide bonds. The van der Waals surface area contributed by atoms with Crippen molar-refractivity contribution in [3.05, 3.63) is 76.2 Å². The summed E-state index contributed by atoms with van der Waals surface area (Å²) in [6.07, 6.45) is -2.91. The second kappa shape index (κ2) is 7.85. The maximum absolute atomic E-state index is 12.7. The molecular weight excluding hydrogens is 375 g/mol. The number of hydrogen-bond donors (Lipinski definition) is 1. The number of aliphatic hydroxyl groups is 1. The van der Waals surface area contributed by atoms with Gasteiger partial charge in [0.2, 0.25) is 0 Å². The average molecular weight is 391 g/mol. The molecule has 28 heavy (non-hydrogen) atoms. The first-order valence-electron chi connectivity index (χ1n) is 8.37. The van der Waals surface area contributed by atoms with Crippen molar-refractivity contribution in [1.82, 2.24) is 4.57 Å². The number of rotatable bonds is 6. The number of aliphatic hydroxyl groups excluding tert-OH is 1. The van der Waals surface area contributed by atoms with Crippen molar-refractivity contribution in [1.29, 1.82) is 0 Å². The van der Waals surface area contributed by atoms with Crippen molar-refractivity contribution in [2.24, 2.45) is 0 Å². The molecule has 1 N–H and O–H groups in total. The van der Waals surface area contributed by atoms with Crippen LogP contribution in [0.15, 0.2) is 59.5 Å². The van der Waals surface area contributed by atoms with Crippen molar-refractivity contribution in [3.63, 3.8) is 0 Å². The number of fused-ring (bicyclic) bond motifs is 1. The summed E-state index contributed by atoms with van der Waals surface area (Å²) >= 11 is 0.